The molecule has 20 heavy (non-hydrogen) atoms. The van der Waals surface area contributed by atoms with Crippen LogP contribution in [0.2, 0.25) is 0 Å². The van der Waals surface area contributed by atoms with E-state index in [1.165, 1.54) is 0 Å². The van der Waals surface area contributed by atoms with Crippen molar-refractivity contribution in [2.75, 3.05) is 19.6 Å². The third kappa shape index (κ3) is 5.92. The number of ether oxygens (including phenoxy) is 1. The van der Waals surface area contributed by atoms with E-state index in [0.717, 1.165) is 24.0 Å². The third-order valence-corrected chi connectivity index (χ3v) is 3.06. The zero-order valence-corrected chi connectivity index (χ0v) is 13.9. The molecule has 1 aromatic rings. The standard InChI is InChI=1S/C15H23BrN2O2/c1-4-7-17-8-9-18-15(19)13-6-5-12(16)10-14(13)20-11(2)3/h5-6,10-11,17H,4,7-9H2,1-3H3,(H,18,19). The van der Waals surface area contributed by atoms with Crippen molar-refractivity contribution in [3.05, 3.63) is 28.2 Å². The lowest BCUT2D eigenvalue weighted by Crippen LogP contribution is -2.32. The normalized spacial score (nSPS) is 10.7. The molecule has 0 unspecified atom stereocenters. The van der Waals surface area contributed by atoms with Gasteiger partial charge in [0.1, 0.15) is 5.75 Å². The summed E-state index contributed by atoms with van der Waals surface area (Å²) in [5, 5.41) is 6.14. The van der Waals surface area contributed by atoms with Crippen LogP contribution in [0.25, 0.3) is 0 Å². The predicted octanol–water partition coefficient (Wildman–Crippen LogP) is 2.97. The van der Waals surface area contributed by atoms with E-state index in [2.05, 4.69) is 33.5 Å². The molecule has 1 aromatic carbocycles. The molecule has 4 nitrogen and oxygen atoms in total. The number of hydrogen-bond donors (Lipinski definition) is 2. The highest BCUT2D eigenvalue weighted by Crippen LogP contribution is 2.24. The van der Waals surface area contributed by atoms with Crippen LogP contribution in [0.15, 0.2) is 22.7 Å². The Labute approximate surface area is 129 Å². The minimum absolute atomic E-state index is 0.0297. The predicted molar refractivity (Wildman–Crippen MR) is 85.4 cm³/mol. The van der Waals surface area contributed by atoms with Crippen LogP contribution >= 0.6 is 15.9 Å². The maximum absolute atomic E-state index is 12.2. The van der Waals surface area contributed by atoms with Gasteiger partial charge in [0.05, 0.1) is 11.7 Å². The molecule has 112 valence electrons. The van der Waals surface area contributed by atoms with Gasteiger partial charge in [-0.2, -0.15) is 0 Å². The van der Waals surface area contributed by atoms with Crippen LogP contribution < -0.4 is 15.4 Å². The van der Waals surface area contributed by atoms with Crippen molar-refractivity contribution in [2.45, 2.75) is 33.3 Å². The van der Waals surface area contributed by atoms with Crippen LogP contribution in [0.5, 0.6) is 5.75 Å². The molecule has 0 atom stereocenters. The van der Waals surface area contributed by atoms with Gasteiger partial charge in [0.25, 0.3) is 5.91 Å². The summed E-state index contributed by atoms with van der Waals surface area (Å²) in [6.07, 6.45) is 1.12. The maximum Gasteiger partial charge on any atom is 0.255 e. The van der Waals surface area contributed by atoms with Gasteiger partial charge in [-0.15, -0.1) is 0 Å². The fourth-order valence-corrected chi connectivity index (χ4v) is 2.04. The third-order valence-electron chi connectivity index (χ3n) is 2.57. The van der Waals surface area contributed by atoms with Crippen molar-refractivity contribution >= 4 is 21.8 Å². The number of carbonyl (C=O) groups excluding carboxylic acids is 1. The molecular formula is C15H23BrN2O2. The maximum atomic E-state index is 12.2. The quantitative estimate of drug-likeness (QED) is 0.714. The van der Waals surface area contributed by atoms with E-state index in [1.54, 1.807) is 6.07 Å². The molecule has 0 radical (unpaired) electrons. The molecule has 0 spiro atoms. The molecule has 0 saturated carbocycles. The second kappa shape index (κ2) is 8.97. The molecule has 0 fully saturated rings. The first-order valence-corrected chi connectivity index (χ1v) is 7.79. The Kier molecular flexibility index (Phi) is 7.62. The van der Waals surface area contributed by atoms with Crippen molar-refractivity contribution in [3.63, 3.8) is 0 Å². The Morgan fingerprint density at radius 2 is 2.05 bits per heavy atom. The van der Waals surface area contributed by atoms with Crippen LogP contribution in [0.4, 0.5) is 0 Å². The van der Waals surface area contributed by atoms with Gasteiger partial charge < -0.3 is 15.4 Å². The average molecular weight is 343 g/mol. The fraction of sp³-hybridized carbons (Fsp3) is 0.533. The molecule has 0 aliphatic carbocycles. The largest absolute Gasteiger partial charge is 0.490 e. The summed E-state index contributed by atoms with van der Waals surface area (Å²) in [7, 11) is 0. The number of amides is 1. The molecule has 1 amide bonds. The first-order chi connectivity index (χ1) is 9.54. The minimum Gasteiger partial charge on any atom is -0.490 e. The van der Waals surface area contributed by atoms with Crippen molar-refractivity contribution < 1.29 is 9.53 Å². The molecule has 1 rings (SSSR count). The van der Waals surface area contributed by atoms with E-state index in [0.29, 0.717) is 17.9 Å². The van der Waals surface area contributed by atoms with Gasteiger partial charge in [0.15, 0.2) is 0 Å². The van der Waals surface area contributed by atoms with E-state index in [4.69, 9.17) is 4.74 Å². The molecular weight excluding hydrogens is 320 g/mol. The molecule has 0 aliphatic rings. The van der Waals surface area contributed by atoms with E-state index in [-0.39, 0.29) is 12.0 Å². The molecule has 5 heteroatoms. The van der Waals surface area contributed by atoms with Gasteiger partial charge in [-0.05, 0) is 45.0 Å². The SMILES string of the molecule is CCCNCCNC(=O)c1ccc(Br)cc1OC(C)C. The van der Waals surface area contributed by atoms with E-state index >= 15 is 0 Å². The van der Waals surface area contributed by atoms with Crippen molar-refractivity contribution in [3.8, 4) is 5.75 Å². The molecule has 2 N–H and O–H groups in total. The van der Waals surface area contributed by atoms with Gasteiger partial charge in [-0.1, -0.05) is 22.9 Å². The fourth-order valence-electron chi connectivity index (χ4n) is 1.70. The van der Waals surface area contributed by atoms with Crippen molar-refractivity contribution in [1.82, 2.24) is 10.6 Å². The first-order valence-electron chi connectivity index (χ1n) is 6.99. The highest BCUT2D eigenvalue weighted by Gasteiger charge is 2.13. The van der Waals surface area contributed by atoms with E-state index in [9.17, 15) is 4.79 Å². The number of halogens is 1. The topological polar surface area (TPSA) is 50.4 Å². The van der Waals surface area contributed by atoms with Crippen molar-refractivity contribution in [1.29, 1.82) is 0 Å². The van der Waals surface area contributed by atoms with Crippen LogP contribution in [0.3, 0.4) is 0 Å². The van der Waals surface area contributed by atoms with Gasteiger partial charge in [0.2, 0.25) is 0 Å². The molecule has 0 saturated heterocycles. The summed E-state index contributed by atoms with van der Waals surface area (Å²) >= 11 is 3.39. The minimum atomic E-state index is -0.105. The number of carbonyl (C=O) groups is 1. The molecule has 0 aliphatic heterocycles. The highest BCUT2D eigenvalue weighted by atomic mass is 79.9. The monoisotopic (exact) mass is 342 g/mol. The van der Waals surface area contributed by atoms with Gasteiger partial charge in [-0.3, -0.25) is 4.79 Å². The number of rotatable bonds is 8. The summed E-state index contributed by atoms with van der Waals surface area (Å²) in [6, 6.07) is 5.44. The van der Waals surface area contributed by atoms with E-state index in [1.807, 2.05) is 26.0 Å². The zero-order valence-electron chi connectivity index (χ0n) is 12.3. The second-order valence-electron chi connectivity index (χ2n) is 4.81. The smallest absolute Gasteiger partial charge is 0.255 e. The summed E-state index contributed by atoms with van der Waals surface area (Å²) in [5.74, 6) is 0.500. The Hall–Kier alpha value is -1.07. The Bertz CT molecular complexity index is 436. The Balaban J connectivity index is 2.62. The summed E-state index contributed by atoms with van der Waals surface area (Å²) in [4.78, 5) is 12.2. The van der Waals surface area contributed by atoms with Crippen LogP contribution in [-0.4, -0.2) is 31.6 Å². The lowest BCUT2D eigenvalue weighted by atomic mass is 10.2. The van der Waals surface area contributed by atoms with Gasteiger partial charge >= 0.3 is 0 Å². The average Bonchev–Trinajstić information content (AvgIpc) is 2.37. The summed E-state index contributed by atoms with van der Waals surface area (Å²) < 4.78 is 6.58. The van der Waals surface area contributed by atoms with Crippen LogP contribution in [-0.2, 0) is 0 Å². The Morgan fingerprint density at radius 1 is 1.30 bits per heavy atom. The highest BCUT2D eigenvalue weighted by molar-refractivity contribution is 9.10. The Morgan fingerprint density at radius 3 is 2.70 bits per heavy atom. The second-order valence-corrected chi connectivity index (χ2v) is 5.73. The molecule has 0 heterocycles. The van der Waals surface area contributed by atoms with E-state index < -0.39 is 0 Å². The number of nitrogens with one attached hydrogen (secondary N) is 2. The van der Waals surface area contributed by atoms with Crippen LogP contribution in [0, 0.1) is 0 Å². The number of hydrogen-bond acceptors (Lipinski definition) is 3. The lowest BCUT2D eigenvalue weighted by Gasteiger charge is -2.14. The number of benzene rings is 1. The van der Waals surface area contributed by atoms with Crippen molar-refractivity contribution in [2.24, 2.45) is 0 Å². The summed E-state index contributed by atoms with van der Waals surface area (Å²) in [5.41, 5.74) is 0.567. The van der Waals surface area contributed by atoms with Gasteiger partial charge in [-0.25, -0.2) is 0 Å². The molecule has 0 aromatic heterocycles. The lowest BCUT2D eigenvalue weighted by molar-refractivity contribution is 0.0948. The van der Waals surface area contributed by atoms with Crippen LogP contribution in [0.1, 0.15) is 37.6 Å². The summed E-state index contributed by atoms with van der Waals surface area (Å²) in [6.45, 7) is 8.35. The molecule has 0 bridgehead atoms. The van der Waals surface area contributed by atoms with Gasteiger partial charge in [0, 0.05) is 17.6 Å². The zero-order chi connectivity index (χ0) is 15.0. The first kappa shape index (κ1) is 17.0.